The van der Waals surface area contributed by atoms with Crippen LogP contribution in [0.3, 0.4) is 0 Å². The Morgan fingerprint density at radius 1 is 1.25 bits per heavy atom. The van der Waals surface area contributed by atoms with Gasteiger partial charge in [0.25, 0.3) is 0 Å². The van der Waals surface area contributed by atoms with E-state index < -0.39 is 16.5 Å². The van der Waals surface area contributed by atoms with Crippen molar-refractivity contribution in [2.45, 2.75) is 43.1 Å². The molecule has 0 rings (SSSR count). The van der Waals surface area contributed by atoms with Gasteiger partial charge in [-0.25, -0.2) is 0 Å². The maximum absolute atomic E-state index is 11.3. The number of hydrogen-bond donors (Lipinski definition) is 3. The monoisotopic (exact) mass is 266 g/mol. The Labute approximate surface area is 107 Å². The highest BCUT2D eigenvalue weighted by atomic mass is 32.1. The highest BCUT2D eigenvalue weighted by Gasteiger charge is 2.17. The van der Waals surface area contributed by atoms with Gasteiger partial charge in [0, 0.05) is 0 Å². The predicted octanol–water partition coefficient (Wildman–Crippen LogP) is 1.79. The molecule has 0 heterocycles. The van der Waals surface area contributed by atoms with E-state index in [0.29, 0.717) is 25.9 Å². The van der Waals surface area contributed by atoms with Gasteiger partial charge in [-0.3, -0.25) is 9.59 Å². The Bertz CT molecular complexity index is 233. The number of esters is 1. The Hall–Kier alpha value is -0.360. The van der Waals surface area contributed by atoms with Crippen molar-refractivity contribution >= 4 is 37.2 Å². The summed E-state index contributed by atoms with van der Waals surface area (Å²) >= 11 is 8.00. The van der Waals surface area contributed by atoms with Gasteiger partial charge in [0.05, 0.1) is 17.1 Å². The third-order valence-electron chi connectivity index (χ3n) is 1.96. The predicted molar refractivity (Wildman–Crippen MR) is 68.3 cm³/mol. The van der Waals surface area contributed by atoms with Gasteiger partial charge in [0.1, 0.15) is 0 Å². The molecule has 1 N–H and O–H groups in total. The molecule has 6 heteroatoms. The number of ether oxygens (including phenoxy) is 1. The summed E-state index contributed by atoms with van der Waals surface area (Å²) < 4.78 is 4.91. The SMILES string of the molecule is CCCOC(=O)C(S)CCCC(S)C(=O)O. The van der Waals surface area contributed by atoms with E-state index >= 15 is 0 Å². The van der Waals surface area contributed by atoms with Crippen molar-refractivity contribution in [1.29, 1.82) is 0 Å². The van der Waals surface area contributed by atoms with Crippen molar-refractivity contribution in [3.05, 3.63) is 0 Å². The lowest BCUT2D eigenvalue weighted by Gasteiger charge is -2.10. The zero-order chi connectivity index (χ0) is 12.6. The molecular formula is C10H18O4S2. The lowest BCUT2D eigenvalue weighted by molar-refractivity contribution is -0.143. The molecule has 4 nitrogen and oxygen atoms in total. The largest absolute Gasteiger partial charge is 0.480 e. The van der Waals surface area contributed by atoms with Crippen LogP contribution in [0.4, 0.5) is 0 Å². The number of hydrogen-bond acceptors (Lipinski definition) is 5. The van der Waals surface area contributed by atoms with Crippen LogP contribution in [0.5, 0.6) is 0 Å². The van der Waals surface area contributed by atoms with Crippen LogP contribution in [0.1, 0.15) is 32.6 Å². The van der Waals surface area contributed by atoms with E-state index in [1.807, 2.05) is 6.92 Å². The van der Waals surface area contributed by atoms with Gasteiger partial charge in [-0.2, -0.15) is 25.3 Å². The molecule has 0 saturated heterocycles. The zero-order valence-electron chi connectivity index (χ0n) is 9.26. The molecule has 0 aromatic rings. The fourth-order valence-corrected chi connectivity index (χ4v) is 1.48. The Kier molecular flexibility index (Phi) is 8.56. The number of carbonyl (C=O) groups is 2. The average molecular weight is 266 g/mol. The minimum Gasteiger partial charge on any atom is -0.480 e. The third-order valence-corrected chi connectivity index (χ3v) is 2.91. The molecule has 0 aliphatic carbocycles. The number of rotatable bonds is 8. The van der Waals surface area contributed by atoms with Gasteiger partial charge in [-0.1, -0.05) is 13.3 Å². The molecule has 2 atom stereocenters. The molecule has 0 spiro atoms. The molecule has 2 unspecified atom stereocenters. The first-order chi connectivity index (χ1) is 7.49. The van der Waals surface area contributed by atoms with Gasteiger partial charge in [-0.05, 0) is 19.3 Å². The van der Waals surface area contributed by atoms with E-state index in [4.69, 9.17) is 9.84 Å². The van der Waals surface area contributed by atoms with Crippen molar-refractivity contribution in [2.24, 2.45) is 0 Å². The summed E-state index contributed by atoms with van der Waals surface area (Å²) in [6, 6.07) is 0. The number of carbonyl (C=O) groups excluding carboxylic acids is 1. The fourth-order valence-electron chi connectivity index (χ4n) is 1.04. The first-order valence-electron chi connectivity index (χ1n) is 5.24. The van der Waals surface area contributed by atoms with E-state index in [0.717, 1.165) is 6.42 Å². The standard InChI is InChI=1S/C10H18O4S2/c1-2-6-14-10(13)8(16)5-3-4-7(15)9(11)12/h7-8,15-16H,2-6H2,1H3,(H,11,12). The summed E-state index contributed by atoms with van der Waals surface area (Å²) in [6.07, 6.45) is 2.31. The van der Waals surface area contributed by atoms with Crippen LogP contribution in [-0.2, 0) is 14.3 Å². The number of aliphatic carboxylic acids is 1. The van der Waals surface area contributed by atoms with Gasteiger partial charge >= 0.3 is 11.9 Å². The van der Waals surface area contributed by atoms with Crippen LogP contribution in [0, 0.1) is 0 Å². The number of carboxylic acid groups (broad SMARTS) is 1. The van der Waals surface area contributed by atoms with Crippen LogP contribution in [0.15, 0.2) is 0 Å². The summed E-state index contributed by atoms with van der Waals surface area (Å²) in [6.45, 7) is 2.32. The van der Waals surface area contributed by atoms with Crippen LogP contribution in [-0.4, -0.2) is 34.2 Å². The second-order valence-electron chi connectivity index (χ2n) is 3.47. The van der Waals surface area contributed by atoms with Gasteiger partial charge in [0.15, 0.2) is 0 Å². The average Bonchev–Trinajstić information content (AvgIpc) is 2.25. The Balaban J connectivity index is 3.68. The molecule has 0 aromatic heterocycles. The quantitative estimate of drug-likeness (QED) is 0.463. The van der Waals surface area contributed by atoms with Crippen molar-refractivity contribution < 1.29 is 19.4 Å². The van der Waals surface area contributed by atoms with Crippen molar-refractivity contribution in [1.82, 2.24) is 0 Å². The van der Waals surface area contributed by atoms with Crippen molar-refractivity contribution in [3.8, 4) is 0 Å². The molecule has 0 saturated carbocycles. The maximum atomic E-state index is 11.3. The molecule has 0 radical (unpaired) electrons. The second-order valence-corrected chi connectivity index (χ2v) is 4.71. The Morgan fingerprint density at radius 2 is 1.81 bits per heavy atom. The summed E-state index contributed by atoms with van der Waals surface area (Å²) in [5.74, 6) is -1.27. The third kappa shape index (κ3) is 7.00. The fraction of sp³-hybridized carbons (Fsp3) is 0.800. The molecule has 0 amide bonds. The molecule has 0 aliphatic rings. The summed E-state index contributed by atoms with van der Waals surface area (Å²) in [7, 11) is 0. The van der Waals surface area contributed by atoms with Crippen molar-refractivity contribution in [3.63, 3.8) is 0 Å². The smallest absolute Gasteiger partial charge is 0.318 e. The first-order valence-corrected chi connectivity index (χ1v) is 6.27. The molecule has 0 fully saturated rings. The second kappa shape index (κ2) is 8.75. The minimum atomic E-state index is -0.937. The van der Waals surface area contributed by atoms with Crippen LogP contribution in [0.25, 0.3) is 0 Å². The molecule has 0 bridgehead atoms. The summed E-state index contributed by atoms with van der Waals surface area (Å²) in [5.41, 5.74) is 0. The maximum Gasteiger partial charge on any atom is 0.318 e. The normalized spacial score (nSPS) is 14.2. The molecular weight excluding hydrogens is 248 g/mol. The van der Waals surface area contributed by atoms with E-state index in [2.05, 4.69) is 25.3 Å². The highest BCUT2D eigenvalue weighted by molar-refractivity contribution is 7.82. The topological polar surface area (TPSA) is 63.6 Å². The van der Waals surface area contributed by atoms with E-state index in [-0.39, 0.29) is 5.97 Å². The summed E-state index contributed by atoms with van der Waals surface area (Å²) in [4.78, 5) is 21.7. The van der Waals surface area contributed by atoms with Crippen LogP contribution >= 0.6 is 25.3 Å². The minimum absolute atomic E-state index is 0.337. The van der Waals surface area contributed by atoms with Crippen LogP contribution in [0.2, 0.25) is 0 Å². The lowest BCUT2D eigenvalue weighted by atomic mass is 10.1. The highest BCUT2D eigenvalue weighted by Crippen LogP contribution is 2.13. The first kappa shape index (κ1) is 15.6. The molecule has 16 heavy (non-hydrogen) atoms. The Morgan fingerprint density at radius 3 is 2.31 bits per heavy atom. The zero-order valence-corrected chi connectivity index (χ0v) is 11.0. The van der Waals surface area contributed by atoms with E-state index in [9.17, 15) is 9.59 Å². The van der Waals surface area contributed by atoms with E-state index in [1.165, 1.54) is 0 Å². The molecule has 0 aliphatic heterocycles. The molecule has 94 valence electrons. The van der Waals surface area contributed by atoms with Crippen molar-refractivity contribution in [2.75, 3.05) is 6.61 Å². The lowest BCUT2D eigenvalue weighted by Crippen LogP contribution is -2.19. The van der Waals surface area contributed by atoms with E-state index in [1.54, 1.807) is 0 Å². The van der Waals surface area contributed by atoms with Crippen LogP contribution < -0.4 is 0 Å². The number of thiol groups is 2. The van der Waals surface area contributed by atoms with Gasteiger partial charge < -0.3 is 9.84 Å². The van der Waals surface area contributed by atoms with Gasteiger partial charge in [-0.15, -0.1) is 0 Å². The number of carboxylic acids is 1. The molecule has 0 aromatic carbocycles. The summed E-state index contributed by atoms with van der Waals surface area (Å²) in [5, 5.41) is 7.44. The van der Waals surface area contributed by atoms with Gasteiger partial charge in [0.2, 0.25) is 0 Å².